The molecule has 0 aliphatic rings. The maximum atomic E-state index is 12.3. The van der Waals surface area contributed by atoms with Gasteiger partial charge in [0.1, 0.15) is 12.4 Å². The van der Waals surface area contributed by atoms with Crippen molar-refractivity contribution in [1.29, 1.82) is 0 Å². The Bertz CT molecular complexity index is 1080. The van der Waals surface area contributed by atoms with E-state index in [-0.39, 0.29) is 24.0 Å². The molecule has 10 heteroatoms. The molecule has 1 N–H and O–H groups in total. The Morgan fingerprint density at radius 1 is 1.29 bits per heavy atom. The van der Waals surface area contributed by atoms with Crippen LogP contribution in [0.2, 0.25) is 0 Å². The molecule has 0 bridgehead atoms. The molecule has 1 heterocycles. The first-order chi connectivity index (χ1) is 15.0. The zero-order valence-electron chi connectivity index (χ0n) is 16.9. The minimum Gasteiger partial charge on any atom is -0.486 e. The number of carbonyl (C=O) groups excluding carboxylic acids is 1. The Kier molecular flexibility index (Phi) is 7.39. The summed E-state index contributed by atoms with van der Waals surface area (Å²) in [5, 5.41) is 22.4. The van der Waals surface area contributed by atoms with E-state index < -0.39 is 4.92 Å². The topological polar surface area (TPSA) is 112 Å². The van der Waals surface area contributed by atoms with Crippen molar-refractivity contribution in [3.63, 3.8) is 0 Å². The highest BCUT2D eigenvalue weighted by atomic mass is 32.2. The van der Waals surface area contributed by atoms with Crippen LogP contribution < -0.4 is 10.1 Å². The van der Waals surface area contributed by atoms with Gasteiger partial charge in [0.05, 0.1) is 10.7 Å². The highest BCUT2D eigenvalue weighted by Crippen LogP contribution is 2.21. The number of hydrogen-bond acceptors (Lipinski definition) is 7. The number of benzene rings is 2. The second kappa shape index (κ2) is 10.4. The first kappa shape index (κ1) is 22.0. The Morgan fingerprint density at radius 3 is 2.77 bits per heavy atom. The molecular weight excluding hydrogens is 418 g/mol. The predicted octanol–water partition coefficient (Wildman–Crippen LogP) is 3.99. The quantitative estimate of drug-likeness (QED) is 0.220. The molecule has 9 nitrogen and oxygen atoms in total. The molecule has 0 aliphatic heterocycles. The summed E-state index contributed by atoms with van der Waals surface area (Å²) in [5.41, 5.74) is 1.41. The number of nitro benzene ring substituents is 1. The second-order valence-electron chi connectivity index (χ2n) is 6.54. The molecule has 31 heavy (non-hydrogen) atoms. The third-order valence-electron chi connectivity index (χ3n) is 4.17. The number of nitrogens with zero attached hydrogens (tertiary/aromatic N) is 4. The SMILES string of the molecule is C=CCn1c(COc2ccc(C)cc2)nnc1SCC(=O)Nc1cccc([N+](=O)[O-])c1. The number of thioether (sulfide) groups is 1. The van der Waals surface area contributed by atoms with Crippen LogP contribution in [0.4, 0.5) is 11.4 Å². The number of amides is 1. The number of anilines is 1. The van der Waals surface area contributed by atoms with Crippen molar-refractivity contribution in [3.05, 3.63) is 82.7 Å². The highest BCUT2D eigenvalue weighted by Gasteiger charge is 2.15. The summed E-state index contributed by atoms with van der Waals surface area (Å²) in [6, 6.07) is 13.5. The zero-order valence-corrected chi connectivity index (χ0v) is 17.7. The van der Waals surface area contributed by atoms with Crippen LogP contribution >= 0.6 is 11.8 Å². The van der Waals surface area contributed by atoms with Gasteiger partial charge in [-0.1, -0.05) is 41.6 Å². The molecule has 0 radical (unpaired) electrons. The van der Waals surface area contributed by atoms with Crippen LogP contribution in [0, 0.1) is 17.0 Å². The molecule has 3 rings (SSSR count). The van der Waals surface area contributed by atoms with E-state index in [1.54, 1.807) is 12.1 Å². The fourth-order valence-electron chi connectivity index (χ4n) is 2.65. The predicted molar refractivity (Wildman–Crippen MR) is 118 cm³/mol. The standard InChI is InChI=1S/C21H21N5O4S/c1-3-11-25-19(13-30-18-9-7-15(2)8-10-18)23-24-21(25)31-14-20(27)22-16-5-4-6-17(12-16)26(28)29/h3-10,12H,1,11,13-14H2,2H3,(H,22,27). The smallest absolute Gasteiger partial charge is 0.271 e. The minimum absolute atomic E-state index is 0.0663. The molecule has 160 valence electrons. The molecule has 0 aliphatic carbocycles. The van der Waals surface area contributed by atoms with Crippen LogP contribution in [-0.4, -0.2) is 31.3 Å². The second-order valence-corrected chi connectivity index (χ2v) is 7.49. The van der Waals surface area contributed by atoms with Gasteiger partial charge in [-0.15, -0.1) is 16.8 Å². The molecule has 3 aromatic rings. The number of nitrogens with one attached hydrogen (secondary N) is 1. The zero-order chi connectivity index (χ0) is 22.2. The highest BCUT2D eigenvalue weighted by molar-refractivity contribution is 7.99. The normalized spacial score (nSPS) is 10.5. The number of aromatic nitrogens is 3. The first-order valence-corrected chi connectivity index (χ1v) is 10.3. The number of hydrogen-bond donors (Lipinski definition) is 1. The van der Waals surface area contributed by atoms with Crippen LogP contribution in [0.3, 0.4) is 0 Å². The van der Waals surface area contributed by atoms with E-state index in [9.17, 15) is 14.9 Å². The molecule has 0 atom stereocenters. The Hall–Kier alpha value is -3.66. The Morgan fingerprint density at radius 2 is 2.06 bits per heavy atom. The van der Waals surface area contributed by atoms with Crippen LogP contribution in [0.1, 0.15) is 11.4 Å². The van der Waals surface area contributed by atoms with Gasteiger partial charge in [-0.05, 0) is 25.1 Å². The number of nitro groups is 1. The maximum Gasteiger partial charge on any atom is 0.271 e. The molecule has 0 fully saturated rings. The lowest BCUT2D eigenvalue weighted by Crippen LogP contribution is -2.15. The number of ether oxygens (including phenoxy) is 1. The lowest BCUT2D eigenvalue weighted by Gasteiger charge is -2.09. The van der Waals surface area contributed by atoms with Crippen molar-refractivity contribution in [2.24, 2.45) is 0 Å². The van der Waals surface area contributed by atoms with Crippen molar-refractivity contribution in [2.45, 2.75) is 25.2 Å². The summed E-state index contributed by atoms with van der Waals surface area (Å²) >= 11 is 1.21. The number of non-ortho nitro benzene ring substituents is 1. The van der Waals surface area contributed by atoms with Gasteiger partial charge in [0, 0.05) is 24.4 Å². The molecule has 0 unspecified atom stereocenters. The fourth-order valence-corrected chi connectivity index (χ4v) is 3.42. The lowest BCUT2D eigenvalue weighted by molar-refractivity contribution is -0.384. The van der Waals surface area contributed by atoms with Crippen molar-refractivity contribution in [2.75, 3.05) is 11.1 Å². The van der Waals surface area contributed by atoms with Crippen molar-refractivity contribution in [1.82, 2.24) is 14.8 Å². The summed E-state index contributed by atoms with van der Waals surface area (Å²) in [4.78, 5) is 22.6. The summed E-state index contributed by atoms with van der Waals surface area (Å²) in [6.45, 7) is 6.45. The van der Waals surface area contributed by atoms with E-state index in [0.29, 0.717) is 23.2 Å². The van der Waals surface area contributed by atoms with E-state index in [4.69, 9.17) is 4.74 Å². The molecule has 0 saturated heterocycles. The number of carbonyl (C=O) groups is 1. The molecule has 2 aromatic carbocycles. The summed E-state index contributed by atoms with van der Waals surface area (Å²) in [7, 11) is 0. The van der Waals surface area contributed by atoms with E-state index in [0.717, 1.165) is 11.3 Å². The molecule has 1 aromatic heterocycles. The van der Waals surface area contributed by atoms with Gasteiger partial charge < -0.3 is 10.1 Å². The van der Waals surface area contributed by atoms with Crippen molar-refractivity contribution in [3.8, 4) is 5.75 Å². The van der Waals surface area contributed by atoms with Gasteiger partial charge in [0.25, 0.3) is 5.69 Å². The molecule has 1 amide bonds. The third-order valence-corrected chi connectivity index (χ3v) is 5.13. The average Bonchev–Trinajstić information content (AvgIpc) is 3.14. The Balaban J connectivity index is 1.61. The van der Waals surface area contributed by atoms with Gasteiger partial charge in [-0.25, -0.2) is 0 Å². The number of allylic oxidation sites excluding steroid dienone is 1. The summed E-state index contributed by atoms with van der Waals surface area (Å²) in [5.74, 6) is 1.10. The number of rotatable bonds is 10. The Labute approximate surface area is 183 Å². The molecule has 0 saturated carbocycles. The first-order valence-electron chi connectivity index (χ1n) is 9.36. The summed E-state index contributed by atoms with van der Waals surface area (Å²) in [6.07, 6.45) is 1.71. The monoisotopic (exact) mass is 439 g/mol. The van der Waals surface area contributed by atoms with Crippen LogP contribution in [-0.2, 0) is 17.9 Å². The molecular formula is C21H21N5O4S. The largest absolute Gasteiger partial charge is 0.486 e. The van der Waals surface area contributed by atoms with E-state index >= 15 is 0 Å². The lowest BCUT2D eigenvalue weighted by atomic mass is 10.2. The van der Waals surface area contributed by atoms with Crippen molar-refractivity contribution < 1.29 is 14.5 Å². The van der Waals surface area contributed by atoms with Gasteiger partial charge in [-0.3, -0.25) is 19.5 Å². The van der Waals surface area contributed by atoms with Crippen molar-refractivity contribution >= 4 is 29.0 Å². The summed E-state index contributed by atoms with van der Waals surface area (Å²) < 4.78 is 7.61. The van der Waals surface area contributed by atoms with Crippen LogP contribution in [0.15, 0.2) is 66.3 Å². The van der Waals surface area contributed by atoms with Gasteiger partial charge in [-0.2, -0.15) is 0 Å². The van der Waals surface area contributed by atoms with E-state index in [1.165, 1.54) is 30.0 Å². The van der Waals surface area contributed by atoms with E-state index in [1.807, 2.05) is 35.8 Å². The maximum absolute atomic E-state index is 12.3. The van der Waals surface area contributed by atoms with Gasteiger partial charge >= 0.3 is 0 Å². The molecule has 0 spiro atoms. The van der Waals surface area contributed by atoms with Gasteiger partial charge in [0.15, 0.2) is 11.0 Å². The fraction of sp³-hybridized carbons (Fsp3) is 0.190. The average molecular weight is 439 g/mol. The van der Waals surface area contributed by atoms with E-state index in [2.05, 4.69) is 22.1 Å². The third kappa shape index (κ3) is 6.16. The van der Waals surface area contributed by atoms with Crippen LogP contribution in [0.25, 0.3) is 0 Å². The number of aryl methyl sites for hydroxylation is 1. The van der Waals surface area contributed by atoms with Gasteiger partial charge in [0.2, 0.25) is 5.91 Å². The van der Waals surface area contributed by atoms with Crippen LogP contribution in [0.5, 0.6) is 5.75 Å². The minimum atomic E-state index is -0.512.